The van der Waals surface area contributed by atoms with Crippen molar-refractivity contribution < 1.29 is 67.2 Å². The van der Waals surface area contributed by atoms with Crippen molar-refractivity contribution in [2.45, 2.75) is 44.8 Å². The number of carboxylic acids is 1. The van der Waals surface area contributed by atoms with E-state index in [-0.39, 0.29) is 52.5 Å². The summed E-state index contributed by atoms with van der Waals surface area (Å²) in [5.41, 5.74) is 1.80. The average Bonchev–Trinajstić information content (AvgIpc) is 2.70. The second-order valence-corrected chi connectivity index (χ2v) is 9.99. The first kappa shape index (κ1) is 33.0. The Kier molecular flexibility index (Phi) is 13.2. The number of rotatable bonds is 10. The van der Waals surface area contributed by atoms with Gasteiger partial charge in [0.2, 0.25) is 16.0 Å². The summed E-state index contributed by atoms with van der Waals surface area (Å²) < 4.78 is 38.6. The summed E-state index contributed by atoms with van der Waals surface area (Å²) in [6.07, 6.45) is 0.860. The Balaban J connectivity index is 0.00000578. The van der Waals surface area contributed by atoms with Gasteiger partial charge in [-0.25, -0.2) is 27.1 Å². The van der Waals surface area contributed by atoms with Gasteiger partial charge in [0.05, 0.1) is 36.3 Å². The number of hydrogen-bond acceptors (Lipinski definition) is 7. The van der Waals surface area contributed by atoms with E-state index in [2.05, 4.69) is 9.97 Å². The van der Waals surface area contributed by atoms with E-state index in [1.165, 1.54) is 43.5 Å². The van der Waals surface area contributed by atoms with Crippen LogP contribution in [0.3, 0.4) is 0 Å². The van der Waals surface area contributed by atoms with Gasteiger partial charge in [-0.2, -0.15) is 0 Å². The molecule has 3 N–H and O–H groups in total. The van der Waals surface area contributed by atoms with Crippen LogP contribution < -0.4 is 38.6 Å². The van der Waals surface area contributed by atoms with E-state index in [0.29, 0.717) is 22.5 Å². The number of anilines is 1. The Morgan fingerprint density at radius 3 is 2.23 bits per heavy atom. The van der Waals surface area contributed by atoms with E-state index >= 15 is 0 Å². The van der Waals surface area contributed by atoms with Gasteiger partial charge >= 0.3 is 35.5 Å². The van der Waals surface area contributed by atoms with Crippen molar-refractivity contribution in [3.63, 3.8) is 0 Å². The number of hydrogen-bond donors (Lipinski definition) is 3. The Morgan fingerprint density at radius 2 is 1.74 bits per heavy atom. The molecule has 0 spiro atoms. The van der Waals surface area contributed by atoms with Gasteiger partial charge in [0.1, 0.15) is 5.82 Å². The van der Waals surface area contributed by atoms with Crippen LogP contribution >= 0.6 is 0 Å². The van der Waals surface area contributed by atoms with E-state index in [0.717, 1.165) is 10.6 Å². The van der Waals surface area contributed by atoms with Crippen molar-refractivity contribution in [2.24, 2.45) is 0 Å². The predicted octanol–water partition coefficient (Wildman–Crippen LogP) is -3.59. The summed E-state index contributed by atoms with van der Waals surface area (Å²) in [6.45, 7) is 3.71. The summed E-state index contributed by atoms with van der Waals surface area (Å²) in [4.78, 5) is 19.6. The van der Waals surface area contributed by atoms with Gasteiger partial charge < -0.3 is 20.0 Å². The maximum atomic E-state index is 13.5. The normalized spacial score (nSPS) is 13.1. The topological polar surface area (TPSA) is 141 Å². The maximum Gasteiger partial charge on any atom is 1.00 e. The number of sulfonamides is 1. The van der Waals surface area contributed by atoms with Crippen LogP contribution in [0.5, 0.6) is 0 Å². The summed E-state index contributed by atoms with van der Waals surface area (Å²) >= 11 is 0. The Morgan fingerprint density at radius 1 is 1.17 bits per heavy atom. The van der Waals surface area contributed by atoms with Crippen LogP contribution in [0.4, 0.5) is 10.3 Å². The predicted molar refractivity (Wildman–Crippen MR) is 123 cm³/mol. The van der Waals surface area contributed by atoms with Crippen LogP contribution in [0.15, 0.2) is 30.3 Å². The van der Waals surface area contributed by atoms with Gasteiger partial charge in [0.25, 0.3) is 0 Å². The minimum atomic E-state index is -3.65. The van der Waals surface area contributed by atoms with Crippen molar-refractivity contribution in [2.75, 3.05) is 17.6 Å². The molecule has 2 unspecified atom stereocenters. The van der Waals surface area contributed by atoms with Crippen LogP contribution in [-0.2, 0) is 14.8 Å². The number of benzene rings is 1. The first-order valence-corrected chi connectivity index (χ1v) is 12.0. The molecule has 0 fully saturated rings. The van der Waals surface area contributed by atoms with Crippen molar-refractivity contribution >= 4 is 28.0 Å². The molecule has 1 aromatic carbocycles. The molecule has 9 nitrogen and oxygen atoms in total. The van der Waals surface area contributed by atoms with Crippen LogP contribution in [0.25, 0.3) is 17.3 Å². The Hall–Kier alpha value is -1.96. The number of aliphatic hydroxyl groups excluding tert-OH is 2. The van der Waals surface area contributed by atoms with Gasteiger partial charge in [-0.3, -0.25) is 4.79 Å². The van der Waals surface area contributed by atoms with E-state index in [1.807, 2.05) is 13.8 Å². The fourth-order valence-electron chi connectivity index (χ4n) is 3.05. The SMILES string of the molecule is CC(C)c1nc(N(C)S(C)(=O)=O)nc(-c2ccc(F)cc2)c1/C=C/C(O)CC(O)CC(=O)O.[F-].[Na+]. The number of aliphatic carboxylic acids is 1. The fourth-order valence-corrected chi connectivity index (χ4v) is 3.42. The van der Waals surface area contributed by atoms with Crippen molar-refractivity contribution in [3.05, 3.63) is 47.4 Å². The zero-order chi connectivity index (χ0) is 24.9. The van der Waals surface area contributed by atoms with Crippen molar-refractivity contribution in [1.29, 1.82) is 0 Å². The molecule has 1 heterocycles. The third-order valence-electron chi connectivity index (χ3n) is 4.82. The fraction of sp³-hybridized carbons (Fsp3) is 0.409. The number of nitrogens with zero attached hydrogens (tertiary/aromatic N) is 3. The monoisotopic (exact) mass is 523 g/mol. The van der Waals surface area contributed by atoms with Crippen LogP contribution in [0.1, 0.15) is 43.9 Å². The van der Waals surface area contributed by atoms with Gasteiger partial charge in [0, 0.05) is 24.6 Å². The van der Waals surface area contributed by atoms with Gasteiger partial charge in [-0.1, -0.05) is 26.0 Å². The van der Waals surface area contributed by atoms with Crippen LogP contribution in [0, 0.1) is 5.82 Å². The number of carbonyl (C=O) groups is 1. The van der Waals surface area contributed by atoms with Gasteiger partial charge in [-0.15, -0.1) is 0 Å². The molecule has 0 bridgehead atoms. The Bertz CT molecular complexity index is 1130. The molecular formula is C22H28F2N3NaO6S. The van der Waals surface area contributed by atoms with Crippen LogP contribution in [-0.4, -0.2) is 65.2 Å². The minimum absolute atomic E-state index is 0. The summed E-state index contributed by atoms with van der Waals surface area (Å²) in [7, 11) is -2.33. The molecule has 0 radical (unpaired) electrons. The molecule has 0 saturated carbocycles. The second kappa shape index (κ2) is 14.0. The van der Waals surface area contributed by atoms with Crippen LogP contribution in [0.2, 0.25) is 0 Å². The van der Waals surface area contributed by atoms with Gasteiger partial charge in [-0.05, 0) is 30.2 Å². The number of halogens is 2. The molecule has 0 saturated heterocycles. The zero-order valence-electron chi connectivity index (χ0n) is 20.2. The molecule has 0 aliphatic heterocycles. The summed E-state index contributed by atoms with van der Waals surface area (Å²) in [6, 6.07) is 5.49. The Labute approximate surface area is 225 Å². The number of aliphatic hydroxyl groups is 2. The molecule has 0 aliphatic carbocycles. The molecule has 0 amide bonds. The molecule has 35 heavy (non-hydrogen) atoms. The van der Waals surface area contributed by atoms with Gasteiger partial charge in [0.15, 0.2) is 0 Å². The third-order valence-corrected chi connectivity index (χ3v) is 5.97. The summed E-state index contributed by atoms with van der Waals surface area (Å²) in [5, 5.41) is 28.8. The largest absolute Gasteiger partial charge is 1.00 e. The van der Waals surface area contributed by atoms with E-state index in [4.69, 9.17) is 5.11 Å². The van der Waals surface area contributed by atoms with E-state index < -0.39 is 40.4 Å². The third kappa shape index (κ3) is 9.54. The van der Waals surface area contributed by atoms with Crippen molar-refractivity contribution in [1.82, 2.24) is 9.97 Å². The maximum absolute atomic E-state index is 13.5. The molecule has 2 atom stereocenters. The minimum Gasteiger partial charge on any atom is -1.00 e. The molecule has 1 aromatic heterocycles. The molecule has 2 rings (SSSR count). The number of aromatic nitrogens is 2. The molecule has 2 aromatic rings. The van der Waals surface area contributed by atoms with Crippen molar-refractivity contribution in [3.8, 4) is 11.3 Å². The second-order valence-electron chi connectivity index (χ2n) is 7.98. The molecule has 188 valence electrons. The van der Waals surface area contributed by atoms with E-state index in [9.17, 15) is 27.8 Å². The first-order chi connectivity index (χ1) is 15.3. The average molecular weight is 524 g/mol. The first-order valence-electron chi connectivity index (χ1n) is 10.2. The molecule has 0 aliphatic rings. The zero-order valence-corrected chi connectivity index (χ0v) is 23.0. The molecular weight excluding hydrogens is 495 g/mol. The quantitative estimate of drug-likeness (QED) is 0.272. The number of carboxylic acid groups (broad SMARTS) is 1. The standard InChI is InChI=1S/C22H28FN3O6S.FH.Na/c1-13(2)20-18(10-9-16(27)11-17(28)12-19(29)30)21(14-5-7-15(23)8-6-14)25-22(24-20)26(3)33(4,31)32;;/h5-10,13,16-17,27-28H,11-12H2,1-4H3,(H,29,30);1H;/q;;+1/p-1/b10-9+;;. The summed E-state index contributed by atoms with van der Waals surface area (Å²) in [5.74, 6) is -1.87. The molecule has 13 heteroatoms. The van der Waals surface area contributed by atoms with E-state index in [1.54, 1.807) is 0 Å². The smallest absolute Gasteiger partial charge is 1.00 e.